The van der Waals surface area contributed by atoms with Crippen LogP contribution in [0.5, 0.6) is 0 Å². The van der Waals surface area contributed by atoms with Crippen molar-refractivity contribution in [2.45, 2.75) is 30.9 Å². The average molecular weight is 246 g/mol. The fourth-order valence-corrected chi connectivity index (χ4v) is 4.93. The molecule has 1 fully saturated rings. The quantitative estimate of drug-likeness (QED) is 0.795. The summed E-state index contributed by atoms with van der Waals surface area (Å²) in [6.07, 6.45) is 1.94. The maximum Gasteiger partial charge on any atom is 0.254 e. The Bertz CT molecular complexity index is 458. The molecule has 2 rings (SSSR count). The Kier molecular flexibility index (Phi) is 2.83. The monoisotopic (exact) mass is 246 g/mol. The van der Waals surface area contributed by atoms with Crippen molar-refractivity contribution < 1.29 is 8.42 Å². The fraction of sp³-hybridized carbons (Fsp3) is 0.667. The molecule has 1 saturated heterocycles. The van der Waals surface area contributed by atoms with Crippen LogP contribution in [0.4, 0.5) is 0 Å². The van der Waals surface area contributed by atoms with Gasteiger partial charge in [0.25, 0.3) is 10.0 Å². The van der Waals surface area contributed by atoms with Crippen molar-refractivity contribution in [1.29, 1.82) is 0 Å². The van der Waals surface area contributed by atoms with Crippen molar-refractivity contribution in [2.24, 2.45) is 0 Å². The van der Waals surface area contributed by atoms with Gasteiger partial charge in [0, 0.05) is 13.1 Å². The van der Waals surface area contributed by atoms with Crippen molar-refractivity contribution in [3.63, 3.8) is 0 Å². The SMILES string of the molecule is Cc1nc(C)c(S(=O)(=O)N2CCCC2)s1. The van der Waals surface area contributed by atoms with Crippen LogP contribution >= 0.6 is 11.3 Å². The number of thiazole rings is 1. The first-order valence-corrected chi connectivity index (χ1v) is 7.21. The van der Waals surface area contributed by atoms with Gasteiger partial charge in [-0.15, -0.1) is 11.3 Å². The van der Waals surface area contributed by atoms with Gasteiger partial charge in [0.1, 0.15) is 0 Å². The van der Waals surface area contributed by atoms with E-state index in [-0.39, 0.29) is 0 Å². The first-order chi connectivity index (χ1) is 7.01. The van der Waals surface area contributed by atoms with Crippen LogP contribution in [0.15, 0.2) is 4.21 Å². The van der Waals surface area contributed by atoms with Crippen molar-refractivity contribution >= 4 is 21.4 Å². The molecule has 0 spiro atoms. The average Bonchev–Trinajstić information content (AvgIpc) is 2.74. The molecule has 0 atom stereocenters. The van der Waals surface area contributed by atoms with Crippen LogP contribution in [0.1, 0.15) is 23.5 Å². The topological polar surface area (TPSA) is 50.3 Å². The van der Waals surface area contributed by atoms with Gasteiger partial charge < -0.3 is 0 Å². The van der Waals surface area contributed by atoms with E-state index in [4.69, 9.17) is 0 Å². The van der Waals surface area contributed by atoms with Gasteiger partial charge in [-0.1, -0.05) is 0 Å². The Hall–Kier alpha value is -0.460. The van der Waals surface area contributed by atoms with E-state index in [1.807, 2.05) is 6.92 Å². The van der Waals surface area contributed by atoms with Gasteiger partial charge in [-0.25, -0.2) is 13.4 Å². The molecular weight excluding hydrogens is 232 g/mol. The summed E-state index contributed by atoms with van der Waals surface area (Å²) < 4.78 is 26.3. The maximum absolute atomic E-state index is 12.2. The second kappa shape index (κ2) is 3.84. The lowest BCUT2D eigenvalue weighted by molar-refractivity contribution is 0.478. The van der Waals surface area contributed by atoms with Gasteiger partial charge in [0.15, 0.2) is 4.21 Å². The molecular formula is C9H14N2O2S2. The van der Waals surface area contributed by atoms with Crippen molar-refractivity contribution in [2.75, 3.05) is 13.1 Å². The second-order valence-corrected chi connectivity index (χ2v) is 7.05. The number of aromatic nitrogens is 1. The molecule has 1 aromatic rings. The standard InChI is InChI=1S/C9H14N2O2S2/c1-7-9(14-8(2)10-7)15(12,13)11-5-3-4-6-11/h3-6H2,1-2H3. The Morgan fingerprint density at radius 2 is 1.87 bits per heavy atom. The van der Waals surface area contributed by atoms with Crippen LogP contribution in [0.25, 0.3) is 0 Å². The molecule has 0 unspecified atom stereocenters. The van der Waals surface area contributed by atoms with Crippen molar-refractivity contribution in [3.05, 3.63) is 10.7 Å². The summed E-state index contributed by atoms with van der Waals surface area (Å²) in [6.45, 7) is 4.89. The molecule has 4 nitrogen and oxygen atoms in total. The summed E-state index contributed by atoms with van der Waals surface area (Å²) in [5.74, 6) is 0. The summed E-state index contributed by atoms with van der Waals surface area (Å²) in [4.78, 5) is 4.16. The van der Waals surface area contributed by atoms with Gasteiger partial charge in [-0.2, -0.15) is 4.31 Å². The van der Waals surface area contributed by atoms with Gasteiger partial charge in [-0.3, -0.25) is 0 Å². The molecule has 0 bridgehead atoms. The predicted octanol–water partition coefficient (Wildman–Crippen LogP) is 1.54. The van der Waals surface area contributed by atoms with E-state index in [1.54, 1.807) is 11.2 Å². The molecule has 0 aromatic carbocycles. The summed E-state index contributed by atoms with van der Waals surface area (Å²) >= 11 is 1.27. The minimum atomic E-state index is -3.26. The third kappa shape index (κ3) is 1.93. The minimum absolute atomic E-state index is 0.418. The molecule has 0 aliphatic carbocycles. The molecule has 84 valence electrons. The Morgan fingerprint density at radius 3 is 2.33 bits per heavy atom. The lowest BCUT2D eigenvalue weighted by atomic mass is 10.4. The first kappa shape index (κ1) is 11.0. The Morgan fingerprint density at radius 1 is 1.27 bits per heavy atom. The molecule has 1 aliphatic heterocycles. The lowest BCUT2D eigenvalue weighted by Gasteiger charge is -2.13. The van der Waals surface area contributed by atoms with E-state index in [9.17, 15) is 8.42 Å². The zero-order valence-electron chi connectivity index (χ0n) is 8.86. The van der Waals surface area contributed by atoms with E-state index >= 15 is 0 Å². The van der Waals surface area contributed by atoms with E-state index in [0.717, 1.165) is 17.8 Å². The van der Waals surface area contributed by atoms with E-state index in [1.165, 1.54) is 11.3 Å². The smallest absolute Gasteiger partial charge is 0.245 e. The fourth-order valence-electron chi connectivity index (χ4n) is 1.80. The molecule has 0 radical (unpaired) electrons. The Balaban J connectivity index is 2.40. The van der Waals surface area contributed by atoms with Crippen molar-refractivity contribution in [3.8, 4) is 0 Å². The van der Waals surface area contributed by atoms with Crippen LogP contribution in [0, 0.1) is 13.8 Å². The maximum atomic E-state index is 12.2. The zero-order chi connectivity index (χ0) is 11.1. The van der Waals surface area contributed by atoms with Crippen LogP contribution in [-0.4, -0.2) is 30.8 Å². The van der Waals surface area contributed by atoms with Gasteiger partial charge in [0.05, 0.1) is 10.7 Å². The number of sulfonamides is 1. The molecule has 15 heavy (non-hydrogen) atoms. The second-order valence-electron chi connectivity index (χ2n) is 3.72. The van der Waals surface area contributed by atoms with E-state index < -0.39 is 10.0 Å². The highest BCUT2D eigenvalue weighted by atomic mass is 32.2. The number of hydrogen-bond acceptors (Lipinski definition) is 4. The normalized spacial score (nSPS) is 18.5. The summed E-state index contributed by atoms with van der Waals surface area (Å²) in [7, 11) is -3.26. The zero-order valence-corrected chi connectivity index (χ0v) is 10.5. The predicted molar refractivity (Wildman–Crippen MR) is 59.6 cm³/mol. The molecule has 6 heteroatoms. The highest BCUT2D eigenvalue weighted by Crippen LogP contribution is 2.28. The third-order valence-corrected chi connectivity index (χ3v) is 6.06. The third-order valence-electron chi connectivity index (χ3n) is 2.50. The molecule has 1 aromatic heterocycles. The van der Waals surface area contributed by atoms with Crippen LogP contribution in [0.3, 0.4) is 0 Å². The van der Waals surface area contributed by atoms with Crippen LogP contribution in [-0.2, 0) is 10.0 Å². The van der Waals surface area contributed by atoms with Gasteiger partial charge >= 0.3 is 0 Å². The lowest BCUT2D eigenvalue weighted by Crippen LogP contribution is -2.27. The Labute approximate surface area is 94.0 Å². The van der Waals surface area contributed by atoms with Gasteiger partial charge in [0.2, 0.25) is 0 Å². The molecule has 0 N–H and O–H groups in total. The van der Waals surface area contributed by atoms with Crippen LogP contribution in [0.2, 0.25) is 0 Å². The summed E-state index contributed by atoms with van der Waals surface area (Å²) in [5.41, 5.74) is 0.629. The number of nitrogens with zero attached hydrogens (tertiary/aromatic N) is 2. The highest BCUT2D eigenvalue weighted by Gasteiger charge is 2.30. The molecule has 1 aliphatic rings. The van der Waals surface area contributed by atoms with Crippen LogP contribution < -0.4 is 0 Å². The molecule has 2 heterocycles. The largest absolute Gasteiger partial charge is 0.254 e. The highest BCUT2D eigenvalue weighted by molar-refractivity contribution is 7.91. The van der Waals surface area contributed by atoms with E-state index in [0.29, 0.717) is 23.0 Å². The first-order valence-electron chi connectivity index (χ1n) is 4.96. The number of hydrogen-bond donors (Lipinski definition) is 0. The number of rotatable bonds is 2. The molecule has 0 amide bonds. The summed E-state index contributed by atoms with van der Waals surface area (Å²) in [5, 5.41) is 0.810. The minimum Gasteiger partial charge on any atom is -0.245 e. The summed E-state index contributed by atoms with van der Waals surface area (Å²) in [6, 6.07) is 0. The van der Waals surface area contributed by atoms with Gasteiger partial charge in [-0.05, 0) is 26.7 Å². The molecule has 0 saturated carbocycles. The number of aryl methyl sites for hydroxylation is 2. The van der Waals surface area contributed by atoms with E-state index in [2.05, 4.69) is 4.98 Å². The van der Waals surface area contributed by atoms with Crippen molar-refractivity contribution in [1.82, 2.24) is 9.29 Å².